The first-order valence-electron chi connectivity index (χ1n) is 7.93. The van der Waals surface area contributed by atoms with Gasteiger partial charge in [0.25, 0.3) is 0 Å². The van der Waals surface area contributed by atoms with Gasteiger partial charge in [-0.15, -0.1) is 0 Å². The summed E-state index contributed by atoms with van der Waals surface area (Å²) < 4.78 is 7.31. The number of hydrogen-bond acceptors (Lipinski definition) is 3. The lowest BCUT2D eigenvalue weighted by molar-refractivity contribution is -0.0600. The summed E-state index contributed by atoms with van der Waals surface area (Å²) in [5.74, 6) is 0. The lowest BCUT2D eigenvalue weighted by Gasteiger charge is -2.32. The van der Waals surface area contributed by atoms with E-state index in [0.29, 0.717) is 26.1 Å². The molecule has 0 aliphatic carbocycles. The number of carbonyl (C=O) groups is 1. The Labute approximate surface area is 131 Å². The Balaban J connectivity index is 1.66. The maximum Gasteiger partial charge on any atom is 0.315 e. The van der Waals surface area contributed by atoms with Crippen LogP contribution >= 0.6 is 0 Å². The molecule has 0 radical (unpaired) electrons. The minimum absolute atomic E-state index is 0.0826. The number of aromatic nitrogens is 1. The zero-order valence-corrected chi connectivity index (χ0v) is 13.5. The van der Waals surface area contributed by atoms with Crippen molar-refractivity contribution in [3.05, 3.63) is 24.0 Å². The molecule has 0 aromatic carbocycles. The van der Waals surface area contributed by atoms with E-state index in [1.807, 2.05) is 26.2 Å². The van der Waals surface area contributed by atoms with Gasteiger partial charge in [0.1, 0.15) is 0 Å². The molecule has 2 amide bonds. The molecule has 1 aliphatic rings. The van der Waals surface area contributed by atoms with Crippen molar-refractivity contribution in [2.45, 2.75) is 44.2 Å². The first kappa shape index (κ1) is 16.8. The number of hydrogen-bond donors (Lipinski definition) is 3. The topological polar surface area (TPSA) is 75.5 Å². The van der Waals surface area contributed by atoms with Gasteiger partial charge in [0.15, 0.2) is 0 Å². The zero-order chi connectivity index (χ0) is 16.0. The number of ether oxygens (including phenoxy) is 1. The molecule has 22 heavy (non-hydrogen) atoms. The Kier molecular flexibility index (Phi) is 5.85. The van der Waals surface area contributed by atoms with Crippen LogP contribution in [-0.2, 0) is 18.2 Å². The van der Waals surface area contributed by atoms with Crippen molar-refractivity contribution in [2.24, 2.45) is 7.05 Å². The van der Waals surface area contributed by atoms with Crippen LogP contribution in [0.4, 0.5) is 4.79 Å². The summed E-state index contributed by atoms with van der Waals surface area (Å²) in [5, 5.41) is 16.0. The molecular formula is C16H27N3O3. The number of carbonyl (C=O) groups excluding carboxylic acids is 1. The van der Waals surface area contributed by atoms with Crippen LogP contribution in [0.15, 0.2) is 18.3 Å². The van der Waals surface area contributed by atoms with Gasteiger partial charge in [0.05, 0.1) is 5.60 Å². The molecule has 1 aliphatic heterocycles. The Morgan fingerprint density at radius 2 is 2.23 bits per heavy atom. The standard InChI is InChI=1S/C16H27N3O3/c1-13(5-6-14-4-3-9-19(14)2)18-15(20)17-12-16(21)7-10-22-11-8-16/h3-4,9,13,21H,5-8,10-12H2,1-2H3,(H2,17,18,20). The van der Waals surface area contributed by atoms with Gasteiger partial charge in [-0.05, 0) is 31.9 Å². The van der Waals surface area contributed by atoms with Gasteiger partial charge in [0.2, 0.25) is 0 Å². The number of urea groups is 1. The molecule has 6 heteroatoms. The van der Waals surface area contributed by atoms with Gasteiger partial charge in [-0.2, -0.15) is 0 Å². The molecule has 0 saturated carbocycles. The normalized spacial score (nSPS) is 18.7. The second kappa shape index (κ2) is 7.65. The van der Waals surface area contributed by atoms with E-state index in [2.05, 4.69) is 21.3 Å². The predicted octanol–water partition coefficient (Wildman–Crippen LogP) is 1.19. The first-order valence-corrected chi connectivity index (χ1v) is 7.93. The second-order valence-corrected chi connectivity index (χ2v) is 6.21. The summed E-state index contributed by atoms with van der Waals surface area (Å²) in [5.41, 5.74) is 0.424. The van der Waals surface area contributed by atoms with Crippen LogP contribution in [0.5, 0.6) is 0 Å². The molecule has 1 fully saturated rings. The predicted molar refractivity (Wildman–Crippen MR) is 84.7 cm³/mol. The fourth-order valence-electron chi connectivity index (χ4n) is 2.64. The monoisotopic (exact) mass is 309 g/mol. The third-order valence-corrected chi connectivity index (χ3v) is 4.26. The maximum atomic E-state index is 11.9. The Morgan fingerprint density at radius 1 is 1.50 bits per heavy atom. The molecule has 124 valence electrons. The Morgan fingerprint density at radius 3 is 2.86 bits per heavy atom. The van der Waals surface area contributed by atoms with Crippen molar-refractivity contribution in [3.8, 4) is 0 Å². The summed E-state index contributed by atoms with van der Waals surface area (Å²) in [7, 11) is 2.02. The van der Waals surface area contributed by atoms with Crippen molar-refractivity contribution in [2.75, 3.05) is 19.8 Å². The van der Waals surface area contributed by atoms with Gasteiger partial charge in [-0.25, -0.2) is 4.79 Å². The molecule has 1 aromatic rings. The number of aliphatic hydroxyl groups is 1. The van der Waals surface area contributed by atoms with E-state index >= 15 is 0 Å². The average Bonchev–Trinajstić information content (AvgIpc) is 2.89. The highest BCUT2D eigenvalue weighted by Gasteiger charge is 2.30. The summed E-state index contributed by atoms with van der Waals surface area (Å²) in [6.45, 7) is 3.36. The summed E-state index contributed by atoms with van der Waals surface area (Å²) in [6.07, 6.45) is 4.96. The minimum Gasteiger partial charge on any atom is -0.388 e. The highest BCUT2D eigenvalue weighted by Crippen LogP contribution is 2.19. The number of amides is 2. The van der Waals surface area contributed by atoms with Crippen LogP contribution in [0.2, 0.25) is 0 Å². The van der Waals surface area contributed by atoms with Gasteiger partial charge in [0, 0.05) is 57.6 Å². The van der Waals surface area contributed by atoms with Crippen LogP contribution < -0.4 is 10.6 Å². The minimum atomic E-state index is -0.831. The lowest BCUT2D eigenvalue weighted by atomic mass is 9.94. The van der Waals surface area contributed by atoms with Gasteiger partial charge in [-0.3, -0.25) is 0 Å². The van der Waals surface area contributed by atoms with E-state index in [1.165, 1.54) is 5.69 Å². The Hall–Kier alpha value is -1.53. The highest BCUT2D eigenvalue weighted by molar-refractivity contribution is 5.74. The average molecular weight is 309 g/mol. The molecule has 2 rings (SSSR count). The maximum absolute atomic E-state index is 11.9. The number of rotatable bonds is 6. The molecule has 1 unspecified atom stereocenters. The first-order chi connectivity index (χ1) is 10.5. The molecule has 0 spiro atoms. The number of aryl methyl sites for hydroxylation is 2. The molecule has 1 atom stereocenters. The number of nitrogens with zero attached hydrogens (tertiary/aromatic N) is 1. The van der Waals surface area contributed by atoms with Gasteiger partial charge >= 0.3 is 6.03 Å². The zero-order valence-electron chi connectivity index (χ0n) is 13.5. The summed E-state index contributed by atoms with van der Waals surface area (Å²) in [4.78, 5) is 11.9. The molecule has 1 saturated heterocycles. The van der Waals surface area contributed by atoms with Crippen LogP contribution in [-0.4, -0.2) is 47.1 Å². The third kappa shape index (κ3) is 5.03. The van der Waals surface area contributed by atoms with Crippen molar-refractivity contribution < 1.29 is 14.6 Å². The van der Waals surface area contributed by atoms with Crippen molar-refractivity contribution in [1.82, 2.24) is 15.2 Å². The summed E-state index contributed by atoms with van der Waals surface area (Å²) >= 11 is 0. The van der Waals surface area contributed by atoms with Crippen LogP contribution in [0.1, 0.15) is 31.9 Å². The van der Waals surface area contributed by atoms with E-state index in [0.717, 1.165) is 12.8 Å². The molecule has 0 bridgehead atoms. The smallest absolute Gasteiger partial charge is 0.315 e. The van der Waals surface area contributed by atoms with E-state index in [4.69, 9.17) is 4.74 Å². The van der Waals surface area contributed by atoms with Crippen molar-refractivity contribution in [3.63, 3.8) is 0 Å². The van der Waals surface area contributed by atoms with Crippen molar-refractivity contribution >= 4 is 6.03 Å². The van der Waals surface area contributed by atoms with E-state index in [9.17, 15) is 9.90 Å². The second-order valence-electron chi connectivity index (χ2n) is 6.21. The number of nitrogens with one attached hydrogen (secondary N) is 2. The van der Waals surface area contributed by atoms with E-state index in [-0.39, 0.29) is 18.6 Å². The third-order valence-electron chi connectivity index (χ3n) is 4.26. The fraction of sp³-hybridized carbons (Fsp3) is 0.688. The Bertz CT molecular complexity index is 481. The largest absolute Gasteiger partial charge is 0.388 e. The molecule has 1 aromatic heterocycles. The fourth-order valence-corrected chi connectivity index (χ4v) is 2.64. The van der Waals surface area contributed by atoms with Crippen molar-refractivity contribution in [1.29, 1.82) is 0 Å². The SMILES string of the molecule is CC(CCc1cccn1C)NC(=O)NCC1(O)CCOCC1. The van der Waals surface area contributed by atoms with Gasteiger partial charge in [-0.1, -0.05) is 0 Å². The quantitative estimate of drug-likeness (QED) is 0.739. The van der Waals surface area contributed by atoms with E-state index in [1.54, 1.807) is 0 Å². The molecular weight excluding hydrogens is 282 g/mol. The van der Waals surface area contributed by atoms with Crippen LogP contribution in [0.25, 0.3) is 0 Å². The van der Waals surface area contributed by atoms with Crippen LogP contribution in [0.3, 0.4) is 0 Å². The molecule has 2 heterocycles. The summed E-state index contributed by atoms with van der Waals surface area (Å²) in [6, 6.07) is 3.97. The molecule has 6 nitrogen and oxygen atoms in total. The molecule has 3 N–H and O–H groups in total. The lowest BCUT2D eigenvalue weighted by Crippen LogP contribution is -2.50. The van der Waals surface area contributed by atoms with E-state index < -0.39 is 5.60 Å². The van der Waals surface area contributed by atoms with Gasteiger partial charge < -0.3 is 25.0 Å². The van der Waals surface area contributed by atoms with Crippen LogP contribution in [0, 0.1) is 0 Å². The highest BCUT2D eigenvalue weighted by atomic mass is 16.5.